The van der Waals surface area contributed by atoms with Crippen LogP contribution in [0.4, 0.5) is 0 Å². The first-order chi connectivity index (χ1) is 9.70. The third-order valence-electron chi connectivity index (χ3n) is 5.24. The summed E-state index contributed by atoms with van der Waals surface area (Å²) in [6, 6.07) is 7.13. The van der Waals surface area contributed by atoms with Crippen molar-refractivity contribution in [3.63, 3.8) is 0 Å². The zero-order chi connectivity index (χ0) is 14.1. The summed E-state index contributed by atoms with van der Waals surface area (Å²) in [7, 11) is 0. The fraction of sp³-hybridized carbons (Fsp3) is 0.667. The molecule has 0 radical (unpaired) electrons. The molecule has 2 aliphatic rings. The van der Waals surface area contributed by atoms with E-state index < -0.39 is 0 Å². The van der Waals surface area contributed by atoms with Crippen LogP contribution in [-0.4, -0.2) is 12.6 Å². The highest BCUT2D eigenvalue weighted by Crippen LogP contribution is 2.59. The first kappa shape index (κ1) is 14.4. The summed E-state index contributed by atoms with van der Waals surface area (Å²) in [4.78, 5) is 0. The summed E-state index contributed by atoms with van der Waals surface area (Å²) in [6.07, 6.45) is 6.68. The summed E-state index contributed by atoms with van der Waals surface area (Å²) in [5.74, 6) is 2.93. The summed E-state index contributed by atoms with van der Waals surface area (Å²) in [6.45, 7) is 5.48. The molecule has 1 aromatic rings. The number of hydrogen-bond donors (Lipinski definition) is 1. The summed E-state index contributed by atoms with van der Waals surface area (Å²) < 4.78 is 0. The third-order valence-corrected chi connectivity index (χ3v) is 5.59. The van der Waals surface area contributed by atoms with Crippen LogP contribution < -0.4 is 5.32 Å². The standard InChI is InChI=1S/C18H26ClN/c1-3-9-20-17(18-14-5-4-6-15(14)18)11-13-8-7-12(2)10-16(13)19/h7-8,10,14-15,17-18,20H,3-6,9,11H2,1-2H3. The Hall–Kier alpha value is -0.530. The van der Waals surface area contributed by atoms with E-state index in [2.05, 4.69) is 37.4 Å². The highest BCUT2D eigenvalue weighted by atomic mass is 35.5. The number of fused-ring (bicyclic) bond motifs is 1. The first-order valence-corrected chi connectivity index (χ1v) is 8.57. The minimum absolute atomic E-state index is 0.630. The molecule has 3 rings (SSSR count). The topological polar surface area (TPSA) is 12.0 Å². The van der Waals surface area contributed by atoms with Crippen molar-refractivity contribution in [2.75, 3.05) is 6.54 Å². The van der Waals surface area contributed by atoms with Gasteiger partial charge in [-0.3, -0.25) is 0 Å². The number of hydrogen-bond acceptors (Lipinski definition) is 1. The van der Waals surface area contributed by atoms with Crippen molar-refractivity contribution in [1.82, 2.24) is 5.32 Å². The van der Waals surface area contributed by atoms with Crippen molar-refractivity contribution < 1.29 is 0 Å². The molecule has 3 unspecified atom stereocenters. The van der Waals surface area contributed by atoms with Crippen LogP contribution in [0.2, 0.25) is 5.02 Å². The maximum Gasteiger partial charge on any atom is 0.0441 e. The SMILES string of the molecule is CCCNC(Cc1ccc(C)cc1Cl)C1C2CCCC21. The Balaban J connectivity index is 1.69. The number of benzene rings is 1. The molecule has 2 fully saturated rings. The lowest BCUT2D eigenvalue weighted by atomic mass is 9.96. The van der Waals surface area contributed by atoms with E-state index in [1.54, 1.807) is 0 Å². The Labute approximate surface area is 128 Å². The Bertz CT molecular complexity index is 460. The monoisotopic (exact) mass is 291 g/mol. The molecule has 1 nitrogen and oxygen atoms in total. The molecule has 0 bridgehead atoms. The molecule has 0 spiro atoms. The Kier molecular flexibility index (Phi) is 4.37. The van der Waals surface area contributed by atoms with E-state index >= 15 is 0 Å². The molecule has 0 heterocycles. The van der Waals surface area contributed by atoms with Crippen LogP contribution in [0.25, 0.3) is 0 Å². The fourth-order valence-corrected chi connectivity index (χ4v) is 4.51. The number of nitrogens with one attached hydrogen (secondary N) is 1. The lowest BCUT2D eigenvalue weighted by Gasteiger charge is -2.21. The average Bonchev–Trinajstić information content (AvgIpc) is 2.90. The van der Waals surface area contributed by atoms with Crippen LogP contribution >= 0.6 is 11.6 Å². The summed E-state index contributed by atoms with van der Waals surface area (Å²) >= 11 is 6.43. The molecular weight excluding hydrogens is 266 g/mol. The van der Waals surface area contributed by atoms with Gasteiger partial charge in [0, 0.05) is 11.1 Å². The average molecular weight is 292 g/mol. The highest BCUT2D eigenvalue weighted by molar-refractivity contribution is 6.31. The molecule has 0 amide bonds. The van der Waals surface area contributed by atoms with Crippen molar-refractivity contribution in [3.05, 3.63) is 34.3 Å². The lowest BCUT2D eigenvalue weighted by molar-refractivity contribution is 0.403. The predicted octanol–water partition coefficient (Wildman–Crippen LogP) is 4.61. The number of aryl methyl sites for hydroxylation is 1. The van der Waals surface area contributed by atoms with Crippen molar-refractivity contribution in [2.24, 2.45) is 17.8 Å². The molecule has 0 saturated heterocycles. The molecule has 0 aromatic heterocycles. The zero-order valence-electron chi connectivity index (χ0n) is 12.7. The molecule has 2 aliphatic carbocycles. The predicted molar refractivity (Wildman–Crippen MR) is 86.3 cm³/mol. The minimum atomic E-state index is 0.630. The molecule has 0 aliphatic heterocycles. The van der Waals surface area contributed by atoms with E-state index in [9.17, 15) is 0 Å². The van der Waals surface area contributed by atoms with Crippen molar-refractivity contribution >= 4 is 11.6 Å². The largest absolute Gasteiger partial charge is 0.313 e. The van der Waals surface area contributed by atoms with Crippen molar-refractivity contribution in [3.8, 4) is 0 Å². The van der Waals surface area contributed by atoms with Gasteiger partial charge < -0.3 is 5.32 Å². The second kappa shape index (κ2) is 6.07. The molecule has 20 heavy (non-hydrogen) atoms. The third kappa shape index (κ3) is 2.89. The molecule has 3 atom stereocenters. The van der Waals surface area contributed by atoms with Crippen molar-refractivity contribution in [1.29, 1.82) is 0 Å². The number of halogens is 1. The Morgan fingerprint density at radius 2 is 2.05 bits per heavy atom. The van der Waals surface area contributed by atoms with Gasteiger partial charge in [0.25, 0.3) is 0 Å². The highest BCUT2D eigenvalue weighted by Gasteiger charge is 2.55. The van der Waals surface area contributed by atoms with Gasteiger partial charge in [0.15, 0.2) is 0 Å². The van der Waals surface area contributed by atoms with Crippen LogP contribution in [0, 0.1) is 24.7 Å². The lowest BCUT2D eigenvalue weighted by Crippen LogP contribution is -2.35. The molecule has 1 aromatic carbocycles. The van der Waals surface area contributed by atoms with Crippen LogP contribution in [0.1, 0.15) is 43.7 Å². The maximum atomic E-state index is 6.43. The van der Waals surface area contributed by atoms with Gasteiger partial charge in [-0.25, -0.2) is 0 Å². The van der Waals surface area contributed by atoms with E-state index in [1.165, 1.54) is 36.8 Å². The summed E-state index contributed by atoms with van der Waals surface area (Å²) in [5, 5.41) is 4.74. The van der Waals surface area contributed by atoms with E-state index in [0.29, 0.717) is 6.04 Å². The second-order valence-corrected chi connectivity index (χ2v) is 7.10. The first-order valence-electron chi connectivity index (χ1n) is 8.19. The van der Waals surface area contributed by atoms with Crippen molar-refractivity contribution in [2.45, 2.75) is 52.0 Å². The molecule has 1 N–H and O–H groups in total. The van der Waals surface area contributed by atoms with Crippen LogP contribution in [0.15, 0.2) is 18.2 Å². The zero-order valence-corrected chi connectivity index (χ0v) is 13.4. The minimum Gasteiger partial charge on any atom is -0.313 e. The van der Waals surface area contributed by atoms with Crippen LogP contribution in [0.3, 0.4) is 0 Å². The Morgan fingerprint density at radius 3 is 2.70 bits per heavy atom. The fourth-order valence-electron chi connectivity index (χ4n) is 4.20. The normalized spacial score (nSPS) is 29.2. The van der Waals surface area contributed by atoms with Gasteiger partial charge in [-0.1, -0.05) is 37.1 Å². The molecule has 2 heteroatoms. The maximum absolute atomic E-state index is 6.43. The molecular formula is C18H26ClN. The van der Waals surface area contributed by atoms with Gasteiger partial charge in [0.2, 0.25) is 0 Å². The molecule has 2 saturated carbocycles. The van der Waals surface area contributed by atoms with E-state index in [-0.39, 0.29) is 0 Å². The van der Waals surface area contributed by atoms with Gasteiger partial charge in [-0.2, -0.15) is 0 Å². The van der Waals surface area contributed by atoms with Gasteiger partial charge in [-0.05, 0) is 74.1 Å². The second-order valence-electron chi connectivity index (χ2n) is 6.70. The van der Waals surface area contributed by atoms with E-state index in [0.717, 1.165) is 35.7 Å². The van der Waals surface area contributed by atoms with Gasteiger partial charge >= 0.3 is 0 Å². The van der Waals surface area contributed by atoms with Crippen LogP contribution in [0.5, 0.6) is 0 Å². The quantitative estimate of drug-likeness (QED) is 0.807. The van der Waals surface area contributed by atoms with E-state index in [1.807, 2.05) is 0 Å². The van der Waals surface area contributed by atoms with Crippen LogP contribution in [-0.2, 0) is 6.42 Å². The Morgan fingerprint density at radius 1 is 1.30 bits per heavy atom. The van der Waals surface area contributed by atoms with E-state index in [4.69, 9.17) is 11.6 Å². The summed E-state index contributed by atoms with van der Waals surface area (Å²) in [5.41, 5.74) is 2.57. The van der Waals surface area contributed by atoms with Gasteiger partial charge in [-0.15, -0.1) is 0 Å². The number of rotatable bonds is 6. The van der Waals surface area contributed by atoms with Gasteiger partial charge in [0.05, 0.1) is 0 Å². The smallest absolute Gasteiger partial charge is 0.0441 e. The molecule has 110 valence electrons. The van der Waals surface area contributed by atoms with Gasteiger partial charge in [0.1, 0.15) is 0 Å².